The topological polar surface area (TPSA) is 65.3 Å². The van der Waals surface area contributed by atoms with Gasteiger partial charge in [-0.2, -0.15) is 0 Å². The smallest absolute Gasteiger partial charge is 0.191 e. The first-order chi connectivity index (χ1) is 14.2. The number of fused-ring (bicyclic) bond motifs is 1. The maximum absolute atomic E-state index is 5.35. The van der Waals surface area contributed by atoms with Gasteiger partial charge in [0.2, 0.25) is 0 Å². The van der Waals surface area contributed by atoms with E-state index in [9.17, 15) is 0 Å². The predicted molar refractivity (Wildman–Crippen MR) is 115 cm³/mol. The molecule has 0 saturated heterocycles. The Hall–Kier alpha value is -2.74. The zero-order chi connectivity index (χ0) is 20.2. The van der Waals surface area contributed by atoms with Crippen LogP contribution in [0.4, 0.5) is 5.82 Å². The molecule has 3 aromatic rings. The third kappa shape index (κ3) is 4.03. The van der Waals surface area contributed by atoms with Crippen molar-refractivity contribution in [2.24, 2.45) is 0 Å². The highest BCUT2D eigenvalue weighted by Crippen LogP contribution is 2.30. The number of nitrogens with zero attached hydrogens (tertiary/aromatic N) is 5. The summed E-state index contributed by atoms with van der Waals surface area (Å²) in [5.41, 5.74) is 2.95. The summed E-state index contributed by atoms with van der Waals surface area (Å²) in [5, 5.41) is 0.750. The Bertz CT molecular complexity index is 1020. The molecule has 0 radical (unpaired) electrons. The Labute approximate surface area is 174 Å². The van der Waals surface area contributed by atoms with E-state index >= 15 is 0 Å². The molecule has 7 nitrogen and oxygen atoms in total. The molecule has 0 N–H and O–H groups in total. The number of aromatic nitrogens is 4. The second kappa shape index (κ2) is 8.73. The van der Waals surface area contributed by atoms with Gasteiger partial charge in [-0.05, 0) is 24.6 Å². The number of thioether (sulfide) groups is 1. The average molecular weight is 412 g/mol. The summed E-state index contributed by atoms with van der Waals surface area (Å²) in [4.78, 5) is 16.7. The number of aryl methyl sites for hydroxylation is 2. The molecule has 0 amide bonds. The Morgan fingerprint density at radius 1 is 1.14 bits per heavy atom. The molecular formula is C21H25N5O2S. The first kappa shape index (κ1) is 19.6. The summed E-state index contributed by atoms with van der Waals surface area (Å²) in [7, 11) is 1.68. The van der Waals surface area contributed by atoms with Gasteiger partial charge in [-0.3, -0.25) is 0 Å². The van der Waals surface area contributed by atoms with Gasteiger partial charge >= 0.3 is 0 Å². The quantitative estimate of drug-likeness (QED) is 0.430. The molecular weight excluding hydrogens is 386 g/mol. The van der Waals surface area contributed by atoms with E-state index in [1.165, 1.54) is 5.56 Å². The lowest BCUT2D eigenvalue weighted by atomic mass is 10.2. The van der Waals surface area contributed by atoms with Crippen molar-refractivity contribution in [3.63, 3.8) is 0 Å². The van der Waals surface area contributed by atoms with Crippen molar-refractivity contribution in [2.45, 2.75) is 37.7 Å². The van der Waals surface area contributed by atoms with Gasteiger partial charge < -0.3 is 18.9 Å². The fourth-order valence-corrected chi connectivity index (χ4v) is 4.13. The van der Waals surface area contributed by atoms with Crippen LogP contribution in [-0.2, 0) is 23.5 Å². The Morgan fingerprint density at radius 2 is 1.97 bits per heavy atom. The van der Waals surface area contributed by atoms with Crippen LogP contribution in [0.15, 0.2) is 41.9 Å². The maximum Gasteiger partial charge on any atom is 0.191 e. The second-order valence-electron chi connectivity index (χ2n) is 6.61. The molecule has 0 bridgehead atoms. The molecule has 4 rings (SSSR count). The van der Waals surface area contributed by atoms with Crippen molar-refractivity contribution in [3.8, 4) is 5.75 Å². The zero-order valence-corrected chi connectivity index (χ0v) is 17.8. The summed E-state index contributed by atoms with van der Waals surface area (Å²) in [6.45, 7) is 6.45. The number of methoxy groups -OCH3 is 1. The van der Waals surface area contributed by atoms with Crippen LogP contribution >= 0.6 is 11.8 Å². The van der Waals surface area contributed by atoms with E-state index < -0.39 is 0 Å². The molecule has 0 saturated carbocycles. The third-order valence-electron chi connectivity index (χ3n) is 4.85. The van der Waals surface area contributed by atoms with Crippen LogP contribution in [0.1, 0.15) is 25.2 Å². The molecule has 0 unspecified atom stereocenters. The Morgan fingerprint density at radius 3 is 2.62 bits per heavy atom. The van der Waals surface area contributed by atoms with Gasteiger partial charge in [0.25, 0.3) is 0 Å². The summed E-state index contributed by atoms with van der Waals surface area (Å²) < 4.78 is 12.8. The van der Waals surface area contributed by atoms with Gasteiger partial charge in [-0.25, -0.2) is 15.0 Å². The second-order valence-corrected chi connectivity index (χ2v) is 7.56. The van der Waals surface area contributed by atoms with Gasteiger partial charge in [0.05, 0.1) is 19.9 Å². The number of ether oxygens (including phenoxy) is 2. The monoisotopic (exact) mass is 411 g/mol. The number of hydrogen-bond acceptors (Lipinski definition) is 7. The summed E-state index contributed by atoms with van der Waals surface area (Å²) in [5.74, 6) is 3.52. The van der Waals surface area contributed by atoms with Crippen LogP contribution in [-0.4, -0.2) is 39.8 Å². The SMILES string of the molecule is CCc1nc2c(N3C=COCC3)nc(SCc3ccc(OC)cc3)nc2n1CC. The van der Waals surface area contributed by atoms with Crippen LogP contribution in [0.25, 0.3) is 11.2 Å². The maximum atomic E-state index is 5.35. The van der Waals surface area contributed by atoms with Crippen LogP contribution in [0.3, 0.4) is 0 Å². The van der Waals surface area contributed by atoms with Crippen molar-refractivity contribution in [3.05, 3.63) is 48.1 Å². The Balaban J connectivity index is 1.70. The average Bonchev–Trinajstić information content (AvgIpc) is 3.15. The summed E-state index contributed by atoms with van der Waals surface area (Å²) in [6, 6.07) is 8.09. The van der Waals surface area contributed by atoms with E-state index in [4.69, 9.17) is 24.4 Å². The fraction of sp³-hybridized carbons (Fsp3) is 0.381. The molecule has 152 valence electrons. The van der Waals surface area contributed by atoms with Crippen molar-refractivity contribution in [1.82, 2.24) is 19.5 Å². The Kier molecular flexibility index (Phi) is 5.89. The van der Waals surface area contributed by atoms with E-state index in [-0.39, 0.29) is 0 Å². The van der Waals surface area contributed by atoms with Crippen molar-refractivity contribution in [2.75, 3.05) is 25.2 Å². The van der Waals surface area contributed by atoms with E-state index in [0.717, 1.165) is 59.0 Å². The van der Waals surface area contributed by atoms with Crippen LogP contribution in [0.2, 0.25) is 0 Å². The highest BCUT2D eigenvalue weighted by Gasteiger charge is 2.21. The van der Waals surface area contributed by atoms with Gasteiger partial charge in [-0.1, -0.05) is 30.8 Å². The molecule has 3 heterocycles. The van der Waals surface area contributed by atoms with Crippen molar-refractivity contribution < 1.29 is 9.47 Å². The minimum atomic E-state index is 0.630. The van der Waals surface area contributed by atoms with Crippen LogP contribution in [0.5, 0.6) is 5.75 Å². The molecule has 0 aliphatic carbocycles. The highest BCUT2D eigenvalue weighted by atomic mass is 32.2. The molecule has 2 aromatic heterocycles. The van der Waals surface area contributed by atoms with Crippen LogP contribution < -0.4 is 9.64 Å². The van der Waals surface area contributed by atoms with Crippen molar-refractivity contribution >= 4 is 28.7 Å². The number of hydrogen-bond donors (Lipinski definition) is 0. The minimum Gasteiger partial charge on any atom is -0.498 e. The third-order valence-corrected chi connectivity index (χ3v) is 5.77. The molecule has 29 heavy (non-hydrogen) atoms. The number of anilines is 1. The molecule has 8 heteroatoms. The standard InChI is InChI=1S/C21H25N5O2S/c1-4-17-22-18-19(25-10-12-28-13-11-25)23-21(24-20(18)26(17)5-2)29-14-15-6-8-16(27-3)9-7-15/h6-10,12H,4-5,11,13-14H2,1-3H3. The summed E-state index contributed by atoms with van der Waals surface area (Å²) in [6.07, 6.45) is 4.48. The molecule has 1 aliphatic rings. The molecule has 0 atom stereocenters. The fourth-order valence-electron chi connectivity index (χ4n) is 3.34. The van der Waals surface area contributed by atoms with Gasteiger partial charge in [-0.15, -0.1) is 0 Å². The minimum absolute atomic E-state index is 0.630. The van der Waals surface area contributed by atoms with E-state index in [1.54, 1.807) is 25.1 Å². The van der Waals surface area contributed by atoms with Gasteiger partial charge in [0, 0.05) is 24.9 Å². The van der Waals surface area contributed by atoms with E-state index in [1.807, 2.05) is 18.3 Å². The first-order valence-electron chi connectivity index (χ1n) is 9.81. The summed E-state index contributed by atoms with van der Waals surface area (Å²) >= 11 is 1.63. The highest BCUT2D eigenvalue weighted by molar-refractivity contribution is 7.98. The number of benzene rings is 1. The number of imidazole rings is 1. The number of rotatable bonds is 7. The first-order valence-corrected chi connectivity index (χ1v) is 10.8. The van der Waals surface area contributed by atoms with Gasteiger partial charge in [0.15, 0.2) is 22.1 Å². The molecule has 1 aromatic carbocycles. The van der Waals surface area contributed by atoms with Crippen LogP contribution in [0, 0.1) is 0 Å². The lowest BCUT2D eigenvalue weighted by molar-refractivity contribution is 0.245. The molecule has 0 spiro atoms. The molecule has 1 aliphatic heterocycles. The van der Waals surface area contributed by atoms with Gasteiger partial charge in [0.1, 0.15) is 18.2 Å². The zero-order valence-electron chi connectivity index (χ0n) is 17.0. The van der Waals surface area contributed by atoms with Crippen molar-refractivity contribution in [1.29, 1.82) is 0 Å². The lowest BCUT2D eigenvalue weighted by Crippen LogP contribution is -2.25. The normalized spacial score (nSPS) is 13.7. The lowest BCUT2D eigenvalue weighted by Gasteiger charge is -2.22. The molecule has 0 fully saturated rings. The van der Waals surface area contributed by atoms with E-state index in [0.29, 0.717) is 6.61 Å². The predicted octanol–water partition coefficient (Wildman–Crippen LogP) is 4.02. The largest absolute Gasteiger partial charge is 0.498 e. The van der Waals surface area contributed by atoms with E-state index in [2.05, 4.69) is 35.4 Å².